The van der Waals surface area contributed by atoms with Crippen molar-refractivity contribution >= 4 is 27.5 Å². The molecule has 0 aromatic heterocycles. The van der Waals surface area contributed by atoms with E-state index < -0.39 is 21.6 Å². The molecule has 0 aliphatic heterocycles. The summed E-state index contributed by atoms with van der Waals surface area (Å²) in [6.45, 7) is 3.30. The SMILES string of the molecule is C=CC(=O)[O][Sn][CH2]c1ccc(F)cc1. The number of carbonyl (C=O) groups excluding carboxylic acids is 1. The Labute approximate surface area is 92.5 Å². The van der Waals surface area contributed by atoms with E-state index in [-0.39, 0.29) is 11.8 Å². The van der Waals surface area contributed by atoms with Gasteiger partial charge in [0.05, 0.1) is 0 Å². The Balaban J connectivity index is 2.35. The van der Waals surface area contributed by atoms with Crippen molar-refractivity contribution < 1.29 is 12.3 Å². The van der Waals surface area contributed by atoms with Gasteiger partial charge in [0.25, 0.3) is 0 Å². The van der Waals surface area contributed by atoms with Crippen LogP contribution in [0.25, 0.3) is 0 Å². The van der Waals surface area contributed by atoms with Crippen LogP contribution in [0.4, 0.5) is 4.39 Å². The molecule has 0 aliphatic rings. The van der Waals surface area contributed by atoms with Gasteiger partial charge in [0, 0.05) is 0 Å². The Kier molecular flexibility index (Phi) is 4.65. The summed E-state index contributed by atoms with van der Waals surface area (Å²) in [5, 5.41) is 0. The van der Waals surface area contributed by atoms with Crippen LogP contribution in [0.5, 0.6) is 0 Å². The van der Waals surface area contributed by atoms with E-state index >= 15 is 0 Å². The Morgan fingerprint density at radius 1 is 1.50 bits per heavy atom. The number of hydrogen-bond acceptors (Lipinski definition) is 2. The van der Waals surface area contributed by atoms with E-state index in [1.54, 1.807) is 12.1 Å². The van der Waals surface area contributed by atoms with Gasteiger partial charge in [0.2, 0.25) is 0 Å². The van der Waals surface area contributed by atoms with Gasteiger partial charge >= 0.3 is 92.5 Å². The predicted molar refractivity (Wildman–Crippen MR) is 52.1 cm³/mol. The van der Waals surface area contributed by atoms with Gasteiger partial charge in [-0.2, -0.15) is 0 Å². The molecule has 2 radical (unpaired) electrons. The molecule has 0 atom stereocenters. The second-order valence-corrected chi connectivity index (χ2v) is 4.99. The fourth-order valence-electron chi connectivity index (χ4n) is 0.834. The molecule has 0 unspecified atom stereocenters. The van der Waals surface area contributed by atoms with Crippen molar-refractivity contribution in [2.45, 2.75) is 4.44 Å². The van der Waals surface area contributed by atoms with Crippen molar-refractivity contribution in [3.8, 4) is 0 Å². The molecule has 0 N–H and O–H groups in total. The minimum absolute atomic E-state index is 0.248. The van der Waals surface area contributed by atoms with Crippen molar-refractivity contribution in [1.29, 1.82) is 0 Å². The van der Waals surface area contributed by atoms with Crippen molar-refractivity contribution in [3.05, 3.63) is 48.3 Å². The molecular formula is C10H9FO2Sn. The van der Waals surface area contributed by atoms with Crippen LogP contribution in [0, 0.1) is 5.82 Å². The molecule has 0 bridgehead atoms. The number of rotatable bonds is 4. The zero-order valence-corrected chi connectivity index (χ0v) is 10.3. The summed E-state index contributed by atoms with van der Waals surface area (Å²) in [5.74, 6) is -0.610. The maximum atomic E-state index is 12.5. The first-order valence-electron chi connectivity index (χ1n) is 4.03. The molecule has 1 aromatic carbocycles. The van der Waals surface area contributed by atoms with Crippen LogP contribution < -0.4 is 0 Å². The van der Waals surface area contributed by atoms with E-state index in [1.807, 2.05) is 0 Å². The molecule has 0 saturated heterocycles. The summed E-state index contributed by atoms with van der Waals surface area (Å²) in [7, 11) is 0. The van der Waals surface area contributed by atoms with Gasteiger partial charge in [0.15, 0.2) is 0 Å². The van der Waals surface area contributed by atoms with Gasteiger partial charge in [-0.1, -0.05) is 0 Å². The standard InChI is InChI=1S/C7H6F.C3H4O2.Sn/c1-6-2-4-7(8)5-3-6;1-2-3(4)5;/h2-5H,1H2;2H,1H2,(H,4,5);/q;;+1/p-1. The molecule has 0 aliphatic carbocycles. The van der Waals surface area contributed by atoms with Crippen LogP contribution >= 0.6 is 0 Å². The van der Waals surface area contributed by atoms with E-state index in [4.69, 9.17) is 3.07 Å². The fourth-order valence-corrected chi connectivity index (χ4v) is 2.83. The third kappa shape index (κ3) is 3.91. The van der Waals surface area contributed by atoms with Gasteiger partial charge in [0.1, 0.15) is 0 Å². The van der Waals surface area contributed by atoms with Crippen LogP contribution in [-0.2, 0) is 12.3 Å². The molecular weight excluding hydrogens is 290 g/mol. The zero-order chi connectivity index (χ0) is 10.4. The minimum atomic E-state index is -1.17. The number of benzene rings is 1. The van der Waals surface area contributed by atoms with E-state index in [9.17, 15) is 9.18 Å². The third-order valence-electron chi connectivity index (χ3n) is 1.53. The van der Waals surface area contributed by atoms with Crippen molar-refractivity contribution in [3.63, 3.8) is 0 Å². The van der Waals surface area contributed by atoms with Crippen LogP contribution in [0.3, 0.4) is 0 Å². The molecule has 4 heteroatoms. The van der Waals surface area contributed by atoms with Gasteiger partial charge in [-0.25, -0.2) is 0 Å². The second-order valence-electron chi connectivity index (χ2n) is 2.57. The van der Waals surface area contributed by atoms with Crippen LogP contribution in [0.2, 0.25) is 0 Å². The summed E-state index contributed by atoms with van der Waals surface area (Å²) < 4.78 is 18.2. The van der Waals surface area contributed by atoms with Crippen LogP contribution in [-0.4, -0.2) is 27.5 Å². The van der Waals surface area contributed by atoms with Crippen molar-refractivity contribution in [2.24, 2.45) is 0 Å². The van der Waals surface area contributed by atoms with Crippen LogP contribution in [0.1, 0.15) is 5.56 Å². The summed E-state index contributed by atoms with van der Waals surface area (Å²) in [6.07, 6.45) is 1.16. The van der Waals surface area contributed by atoms with Crippen molar-refractivity contribution in [2.75, 3.05) is 0 Å². The number of hydrogen-bond donors (Lipinski definition) is 0. The predicted octanol–water partition coefficient (Wildman–Crippen LogP) is 1.67. The van der Waals surface area contributed by atoms with Gasteiger partial charge in [-0.05, 0) is 0 Å². The van der Waals surface area contributed by atoms with Gasteiger partial charge in [-0.15, -0.1) is 0 Å². The molecule has 1 aromatic rings. The van der Waals surface area contributed by atoms with Crippen molar-refractivity contribution in [1.82, 2.24) is 0 Å². The molecule has 0 heterocycles. The quantitative estimate of drug-likeness (QED) is 0.624. The normalized spacial score (nSPS) is 9.50. The molecule has 0 amide bonds. The molecule has 0 saturated carbocycles. The summed E-state index contributed by atoms with van der Waals surface area (Å²) >= 11 is -1.17. The summed E-state index contributed by atoms with van der Waals surface area (Å²) in [4.78, 5) is 10.7. The number of carbonyl (C=O) groups is 1. The van der Waals surface area contributed by atoms with Gasteiger partial charge in [-0.3, -0.25) is 0 Å². The van der Waals surface area contributed by atoms with E-state index in [2.05, 4.69) is 6.58 Å². The van der Waals surface area contributed by atoms with Gasteiger partial charge < -0.3 is 0 Å². The Bertz CT molecular complexity index is 321. The number of halogens is 1. The third-order valence-corrected chi connectivity index (χ3v) is 4.09. The van der Waals surface area contributed by atoms with E-state index in [0.29, 0.717) is 0 Å². The average Bonchev–Trinajstić information content (AvgIpc) is 2.21. The molecule has 14 heavy (non-hydrogen) atoms. The molecule has 0 spiro atoms. The Hall–Kier alpha value is -0.841. The summed E-state index contributed by atoms with van der Waals surface area (Å²) in [6, 6.07) is 6.23. The monoisotopic (exact) mass is 300 g/mol. The first-order chi connectivity index (χ1) is 6.72. The van der Waals surface area contributed by atoms with E-state index in [1.165, 1.54) is 12.1 Å². The first-order valence-corrected chi connectivity index (χ1v) is 7.21. The Morgan fingerprint density at radius 2 is 2.14 bits per heavy atom. The summed E-state index contributed by atoms with van der Waals surface area (Å²) in [5.41, 5.74) is 1.01. The Morgan fingerprint density at radius 3 is 2.71 bits per heavy atom. The first kappa shape index (κ1) is 11.2. The molecule has 2 nitrogen and oxygen atoms in total. The average molecular weight is 299 g/mol. The topological polar surface area (TPSA) is 26.3 Å². The van der Waals surface area contributed by atoms with E-state index in [0.717, 1.165) is 16.1 Å². The zero-order valence-electron chi connectivity index (χ0n) is 7.50. The maximum absolute atomic E-state index is 12.5. The fraction of sp³-hybridized carbons (Fsp3) is 0.100. The second kappa shape index (κ2) is 5.80. The molecule has 72 valence electrons. The van der Waals surface area contributed by atoms with Crippen LogP contribution in [0.15, 0.2) is 36.9 Å². The molecule has 0 fully saturated rings. The molecule has 1 rings (SSSR count).